The number of H-pyrrole nitrogens is 1. The molecule has 5 rings (SSSR count). The van der Waals surface area contributed by atoms with Gasteiger partial charge in [0.1, 0.15) is 0 Å². The molecule has 1 saturated heterocycles. The monoisotopic (exact) mass is 370 g/mol. The number of aromatic nitrogens is 1. The summed E-state index contributed by atoms with van der Waals surface area (Å²) in [6.07, 6.45) is 2.26. The van der Waals surface area contributed by atoms with E-state index in [1.165, 1.54) is 44.9 Å². The van der Waals surface area contributed by atoms with E-state index in [1.54, 1.807) is 0 Å². The van der Waals surface area contributed by atoms with Crippen molar-refractivity contribution in [1.29, 1.82) is 0 Å². The van der Waals surface area contributed by atoms with Crippen molar-refractivity contribution in [2.75, 3.05) is 32.8 Å². The average Bonchev–Trinajstić information content (AvgIpc) is 3.13. The Kier molecular flexibility index (Phi) is 4.86. The molecule has 28 heavy (non-hydrogen) atoms. The zero-order chi connectivity index (χ0) is 18.8. The number of aryl methyl sites for hydroxylation is 1. The van der Waals surface area contributed by atoms with E-state index in [-0.39, 0.29) is 0 Å². The number of hydrogen-bond acceptors (Lipinski definition) is 2. The van der Waals surface area contributed by atoms with Crippen LogP contribution in [-0.4, -0.2) is 42.7 Å². The van der Waals surface area contributed by atoms with E-state index in [0.717, 1.165) is 39.3 Å². The predicted molar refractivity (Wildman–Crippen MR) is 117 cm³/mol. The number of ether oxygens (including phenoxy) is 1. The summed E-state index contributed by atoms with van der Waals surface area (Å²) in [5, 5.41) is 3.93. The molecule has 0 aliphatic carbocycles. The smallest absolute Gasteiger partial charge is 0.0594 e. The Balaban J connectivity index is 1.47. The van der Waals surface area contributed by atoms with Gasteiger partial charge in [-0.25, -0.2) is 0 Å². The first kappa shape index (κ1) is 17.5. The fourth-order valence-electron chi connectivity index (χ4n) is 4.36. The van der Waals surface area contributed by atoms with Crippen LogP contribution in [0.2, 0.25) is 0 Å². The molecule has 1 N–H and O–H groups in total. The summed E-state index contributed by atoms with van der Waals surface area (Å²) in [5.74, 6) is 0. The van der Waals surface area contributed by atoms with Crippen molar-refractivity contribution < 1.29 is 4.74 Å². The van der Waals surface area contributed by atoms with E-state index >= 15 is 0 Å². The molecular weight excluding hydrogens is 344 g/mol. The molecule has 3 nitrogen and oxygen atoms in total. The number of fused-ring (bicyclic) bond motifs is 2. The predicted octanol–water partition coefficient (Wildman–Crippen LogP) is 5.25. The maximum atomic E-state index is 5.47. The van der Waals surface area contributed by atoms with Crippen molar-refractivity contribution in [3.63, 3.8) is 0 Å². The van der Waals surface area contributed by atoms with Crippen molar-refractivity contribution in [1.82, 2.24) is 9.88 Å². The van der Waals surface area contributed by atoms with E-state index in [9.17, 15) is 0 Å². The molecule has 0 spiro atoms. The van der Waals surface area contributed by atoms with Crippen molar-refractivity contribution >= 4 is 21.7 Å². The van der Waals surface area contributed by atoms with Gasteiger partial charge >= 0.3 is 0 Å². The Morgan fingerprint density at radius 1 is 0.857 bits per heavy atom. The first-order valence-electron chi connectivity index (χ1n) is 10.3. The molecular formula is C25H26N2O. The molecule has 0 saturated carbocycles. The van der Waals surface area contributed by atoms with Crippen LogP contribution in [0.15, 0.2) is 66.7 Å². The Morgan fingerprint density at radius 2 is 1.64 bits per heavy atom. The van der Waals surface area contributed by atoms with Crippen LogP contribution in [0.5, 0.6) is 0 Å². The molecule has 3 heteroatoms. The second-order valence-corrected chi connectivity index (χ2v) is 7.64. The van der Waals surface area contributed by atoms with E-state index in [1.807, 2.05) is 0 Å². The van der Waals surface area contributed by atoms with Crippen molar-refractivity contribution in [3.05, 3.63) is 72.3 Å². The van der Waals surface area contributed by atoms with Crippen molar-refractivity contribution in [2.45, 2.75) is 12.8 Å². The number of morpholine rings is 1. The maximum Gasteiger partial charge on any atom is 0.0594 e. The molecule has 142 valence electrons. The lowest BCUT2D eigenvalue weighted by atomic mass is 9.99. The Hall–Kier alpha value is -2.62. The minimum Gasteiger partial charge on any atom is -0.379 e. The molecule has 0 amide bonds. The number of benzene rings is 3. The van der Waals surface area contributed by atoms with Gasteiger partial charge in [-0.05, 0) is 53.4 Å². The highest BCUT2D eigenvalue weighted by Gasteiger charge is 2.15. The first-order chi connectivity index (χ1) is 13.9. The van der Waals surface area contributed by atoms with Crippen LogP contribution in [-0.2, 0) is 11.2 Å². The SMILES string of the molecule is c1ccc2cc(-c3[nH]c4ccccc4c3CCCN3CCOCC3)ccc2c1. The molecule has 0 radical (unpaired) electrons. The third kappa shape index (κ3) is 3.44. The fraction of sp³-hybridized carbons (Fsp3) is 0.280. The third-order valence-electron chi connectivity index (χ3n) is 5.86. The summed E-state index contributed by atoms with van der Waals surface area (Å²) in [6, 6.07) is 24.1. The van der Waals surface area contributed by atoms with Gasteiger partial charge < -0.3 is 9.72 Å². The Labute approximate surface area is 165 Å². The number of para-hydroxylation sites is 1. The molecule has 1 aromatic heterocycles. The highest BCUT2D eigenvalue weighted by Crippen LogP contribution is 2.33. The maximum absolute atomic E-state index is 5.47. The first-order valence-corrected chi connectivity index (χ1v) is 10.3. The zero-order valence-corrected chi connectivity index (χ0v) is 16.2. The van der Waals surface area contributed by atoms with Crippen molar-refractivity contribution in [2.24, 2.45) is 0 Å². The van der Waals surface area contributed by atoms with Gasteiger partial charge in [0, 0.05) is 29.7 Å². The van der Waals surface area contributed by atoms with E-state index in [2.05, 4.69) is 76.6 Å². The quantitative estimate of drug-likeness (QED) is 0.519. The third-order valence-corrected chi connectivity index (χ3v) is 5.86. The Morgan fingerprint density at radius 3 is 2.54 bits per heavy atom. The van der Waals surface area contributed by atoms with Crippen molar-refractivity contribution in [3.8, 4) is 11.3 Å². The number of nitrogens with one attached hydrogen (secondary N) is 1. The van der Waals surface area contributed by atoms with Gasteiger partial charge in [-0.1, -0.05) is 54.6 Å². The van der Waals surface area contributed by atoms with Gasteiger partial charge in [-0.3, -0.25) is 4.90 Å². The number of hydrogen-bond donors (Lipinski definition) is 1. The van der Waals surface area contributed by atoms with E-state index in [0.29, 0.717) is 0 Å². The normalized spacial score (nSPS) is 15.4. The highest BCUT2D eigenvalue weighted by molar-refractivity contribution is 5.93. The van der Waals surface area contributed by atoms with Gasteiger partial charge in [0.15, 0.2) is 0 Å². The molecule has 1 fully saturated rings. The minimum atomic E-state index is 0.870. The van der Waals surface area contributed by atoms with Crippen LogP contribution in [0, 0.1) is 0 Å². The molecule has 0 bridgehead atoms. The summed E-state index contributed by atoms with van der Waals surface area (Å²) < 4.78 is 5.47. The summed E-state index contributed by atoms with van der Waals surface area (Å²) in [5.41, 5.74) is 5.22. The molecule has 0 unspecified atom stereocenters. The zero-order valence-electron chi connectivity index (χ0n) is 16.2. The number of rotatable bonds is 5. The molecule has 2 heterocycles. The molecule has 0 atom stereocenters. The lowest BCUT2D eigenvalue weighted by Crippen LogP contribution is -2.36. The second kappa shape index (κ2) is 7.78. The van der Waals surface area contributed by atoms with Gasteiger partial charge in [-0.15, -0.1) is 0 Å². The van der Waals surface area contributed by atoms with Gasteiger partial charge in [0.05, 0.1) is 13.2 Å². The van der Waals surface area contributed by atoms with Crippen LogP contribution in [0.4, 0.5) is 0 Å². The van der Waals surface area contributed by atoms with Crippen LogP contribution in [0.3, 0.4) is 0 Å². The van der Waals surface area contributed by atoms with Crippen LogP contribution in [0.1, 0.15) is 12.0 Å². The van der Waals surface area contributed by atoms with E-state index < -0.39 is 0 Å². The number of nitrogens with zero attached hydrogens (tertiary/aromatic N) is 1. The molecule has 3 aromatic carbocycles. The molecule has 4 aromatic rings. The highest BCUT2D eigenvalue weighted by atomic mass is 16.5. The van der Waals surface area contributed by atoms with Crippen LogP contribution >= 0.6 is 0 Å². The standard InChI is InChI=1S/C25H26N2O/c1-2-7-20-18-21(12-11-19(20)6-1)25-23(22-8-3-4-10-24(22)26-25)9-5-13-27-14-16-28-17-15-27/h1-4,6-8,10-12,18,26H,5,9,13-17H2. The summed E-state index contributed by atoms with van der Waals surface area (Å²) >= 11 is 0. The largest absolute Gasteiger partial charge is 0.379 e. The van der Waals surface area contributed by atoms with Crippen LogP contribution < -0.4 is 0 Å². The average molecular weight is 370 g/mol. The lowest BCUT2D eigenvalue weighted by Gasteiger charge is -2.26. The van der Waals surface area contributed by atoms with Gasteiger partial charge in [-0.2, -0.15) is 0 Å². The van der Waals surface area contributed by atoms with Gasteiger partial charge in [0.25, 0.3) is 0 Å². The summed E-state index contributed by atoms with van der Waals surface area (Å²) in [6.45, 7) is 5.00. The molecule has 1 aliphatic rings. The summed E-state index contributed by atoms with van der Waals surface area (Å²) in [4.78, 5) is 6.22. The fourth-order valence-corrected chi connectivity index (χ4v) is 4.36. The topological polar surface area (TPSA) is 28.3 Å². The van der Waals surface area contributed by atoms with Crippen LogP contribution in [0.25, 0.3) is 32.9 Å². The van der Waals surface area contributed by atoms with E-state index in [4.69, 9.17) is 4.74 Å². The second-order valence-electron chi connectivity index (χ2n) is 7.64. The minimum absolute atomic E-state index is 0.870. The van der Waals surface area contributed by atoms with Gasteiger partial charge in [0.2, 0.25) is 0 Å². The lowest BCUT2D eigenvalue weighted by molar-refractivity contribution is 0.0375. The number of aromatic amines is 1. The summed E-state index contributed by atoms with van der Waals surface area (Å²) in [7, 11) is 0. The Bertz CT molecular complexity index is 1090. The molecule has 1 aliphatic heterocycles.